The Morgan fingerprint density at radius 1 is 1.54 bits per heavy atom. The Morgan fingerprint density at radius 2 is 2.23 bits per heavy atom. The lowest BCUT2D eigenvalue weighted by molar-refractivity contribution is -0.126. The van der Waals surface area contributed by atoms with Gasteiger partial charge >= 0.3 is 0 Å². The van der Waals surface area contributed by atoms with Gasteiger partial charge in [0.25, 0.3) is 0 Å². The van der Waals surface area contributed by atoms with Crippen LogP contribution < -0.4 is 11.1 Å². The van der Waals surface area contributed by atoms with Gasteiger partial charge in [0.2, 0.25) is 5.91 Å². The number of hydrogen-bond donors (Lipinski definition) is 2. The highest BCUT2D eigenvalue weighted by molar-refractivity contribution is 7.91. The van der Waals surface area contributed by atoms with Gasteiger partial charge in [0.1, 0.15) is 0 Å². The van der Waals surface area contributed by atoms with Crippen molar-refractivity contribution in [2.45, 2.75) is 0 Å². The molecule has 1 amide bonds. The molecule has 0 aromatic carbocycles. The maximum Gasteiger partial charge on any atom is 0.226 e. The molecule has 5 nitrogen and oxygen atoms in total. The van der Waals surface area contributed by atoms with Crippen LogP contribution in [-0.4, -0.2) is 38.9 Å². The molecule has 13 heavy (non-hydrogen) atoms. The lowest BCUT2D eigenvalue weighted by Gasteiger charge is -2.21. The van der Waals surface area contributed by atoms with E-state index < -0.39 is 21.2 Å². The van der Waals surface area contributed by atoms with Gasteiger partial charge in [0, 0.05) is 19.0 Å². The number of fused-ring (bicyclic) bond motifs is 1. The molecule has 0 aromatic heterocycles. The van der Waals surface area contributed by atoms with E-state index in [1.807, 2.05) is 0 Å². The van der Waals surface area contributed by atoms with Gasteiger partial charge in [-0.2, -0.15) is 0 Å². The quantitative estimate of drug-likeness (QED) is 0.522. The van der Waals surface area contributed by atoms with Crippen LogP contribution in [0.3, 0.4) is 0 Å². The second kappa shape index (κ2) is 2.45. The SMILES string of the molecule is NC(=O)[C@@]12CNC[C@H]1CS(=O)(=O)C2. The van der Waals surface area contributed by atoms with Crippen LogP contribution in [0.15, 0.2) is 0 Å². The second-order valence-electron chi connectivity index (χ2n) is 3.90. The van der Waals surface area contributed by atoms with Gasteiger partial charge in [-0.3, -0.25) is 4.79 Å². The Bertz CT molecular complexity index is 351. The first kappa shape index (κ1) is 8.96. The van der Waals surface area contributed by atoms with E-state index in [0.29, 0.717) is 13.1 Å². The molecule has 0 bridgehead atoms. The summed E-state index contributed by atoms with van der Waals surface area (Å²) < 4.78 is 22.6. The largest absolute Gasteiger partial charge is 0.369 e. The van der Waals surface area contributed by atoms with Crippen molar-refractivity contribution in [2.75, 3.05) is 24.6 Å². The van der Waals surface area contributed by atoms with Crippen molar-refractivity contribution in [1.82, 2.24) is 5.32 Å². The van der Waals surface area contributed by atoms with Crippen molar-refractivity contribution < 1.29 is 13.2 Å². The van der Waals surface area contributed by atoms with Crippen LogP contribution in [-0.2, 0) is 14.6 Å². The van der Waals surface area contributed by atoms with Crippen LogP contribution in [0.1, 0.15) is 0 Å². The molecule has 2 saturated heterocycles. The molecule has 0 unspecified atom stereocenters. The summed E-state index contributed by atoms with van der Waals surface area (Å²) in [6.07, 6.45) is 0. The van der Waals surface area contributed by atoms with Crippen LogP contribution in [0.2, 0.25) is 0 Å². The monoisotopic (exact) mass is 204 g/mol. The fraction of sp³-hybridized carbons (Fsp3) is 0.857. The van der Waals surface area contributed by atoms with E-state index in [4.69, 9.17) is 5.73 Å². The topological polar surface area (TPSA) is 89.3 Å². The molecule has 3 N–H and O–H groups in total. The normalized spacial score (nSPS) is 41.7. The number of hydrogen-bond acceptors (Lipinski definition) is 4. The standard InChI is InChI=1S/C7H12N2O3S/c8-6(10)7-3-9-1-5(7)2-13(11,12)4-7/h5,9H,1-4H2,(H2,8,10)/t5-,7+/m0/s1. The van der Waals surface area contributed by atoms with Gasteiger partial charge in [0.05, 0.1) is 16.9 Å². The molecule has 2 atom stereocenters. The van der Waals surface area contributed by atoms with Gasteiger partial charge in [0.15, 0.2) is 9.84 Å². The number of sulfone groups is 1. The fourth-order valence-corrected chi connectivity index (χ4v) is 4.75. The maximum absolute atomic E-state index is 11.3. The van der Waals surface area contributed by atoms with Crippen LogP contribution in [0.25, 0.3) is 0 Å². The number of nitrogens with one attached hydrogen (secondary N) is 1. The van der Waals surface area contributed by atoms with Gasteiger partial charge in [-0.15, -0.1) is 0 Å². The fourth-order valence-electron chi connectivity index (χ4n) is 2.31. The molecule has 2 aliphatic rings. The first-order valence-electron chi connectivity index (χ1n) is 4.17. The molecule has 0 spiro atoms. The molecular weight excluding hydrogens is 192 g/mol. The summed E-state index contributed by atoms with van der Waals surface area (Å²) >= 11 is 0. The zero-order valence-electron chi connectivity index (χ0n) is 7.12. The van der Waals surface area contributed by atoms with E-state index in [1.165, 1.54) is 0 Å². The molecule has 0 saturated carbocycles. The summed E-state index contributed by atoms with van der Waals surface area (Å²) in [5.41, 5.74) is 4.43. The minimum Gasteiger partial charge on any atom is -0.369 e. The molecule has 74 valence electrons. The average Bonchev–Trinajstić information content (AvgIpc) is 2.40. The van der Waals surface area contributed by atoms with Crippen molar-refractivity contribution in [2.24, 2.45) is 17.1 Å². The third kappa shape index (κ3) is 1.16. The Labute approximate surface area is 76.6 Å². The number of primary amides is 1. The summed E-state index contributed by atoms with van der Waals surface area (Å²) in [6, 6.07) is 0. The maximum atomic E-state index is 11.3. The summed E-state index contributed by atoms with van der Waals surface area (Å²) in [5, 5.41) is 3.02. The molecule has 2 aliphatic heterocycles. The van der Waals surface area contributed by atoms with Crippen molar-refractivity contribution in [3.8, 4) is 0 Å². The van der Waals surface area contributed by atoms with Gasteiger partial charge in [-0.05, 0) is 0 Å². The van der Waals surface area contributed by atoms with E-state index in [-0.39, 0.29) is 17.4 Å². The Balaban J connectivity index is 2.41. The van der Waals surface area contributed by atoms with Crippen LogP contribution in [0.4, 0.5) is 0 Å². The first-order chi connectivity index (χ1) is 5.96. The Kier molecular flexibility index (Phi) is 1.69. The molecule has 0 aliphatic carbocycles. The van der Waals surface area contributed by atoms with Crippen LogP contribution in [0, 0.1) is 11.3 Å². The molecule has 6 heteroatoms. The van der Waals surface area contributed by atoms with Gasteiger partial charge in [-0.25, -0.2) is 8.42 Å². The van der Waals surface area contributed by atoms with E-state index >= 15 is 0 Å². The second-order valence-corrected chi connectivity index (χ2v) is 6.01. The Morgan fingerprint density at radius 3 is 2.77 bits per heavy atom. The van der Waals surface area contributed by atoms with Crippen LogP contribution in [0.5, 0.6) is 0 Å². The molecular formula is C7H12N2O3S. The number of carbonyl (C=O) groups excluding carboxylic acids is 1. The zero-order valence-corrected chi connectivity index (χ0v) is 7.93. The molecule has 2 heterocycles. The van der Waals surface area contributed by atoms with Gasteiger partial charge in [-0.1, -0.05) is 0 Å². The predicted octanol–water partition coefficient (Wildman–Crippen LogP) is -1.89. The van der Waals surface area contributed by atoms with E-state index in [9.17, 15) is 13.2 Å². The third-order valence-corrected chi connectivity index (χ3v) is 4.90. The summed E-state index contributed by atoms with van der Waals surface area (Å²) in [6.45, 7) is 0.994. The lowest BCUT2D eigenvalue weighted by Crippen LogP contribution is -2.43. The number of amides is 1. The zero-order chi connectivity index (χ0) is 9.69. The molecule has 2 fully saturated rings. The first-order valence-corrected chi connectivity index (χ1v) is 5.99. The minimum absolute atomic E-state index is 0.0764. The predicted molar refractivity (Wildman–Crippen MR) is 46.6 cm³/mol. The highest BCUT2D eigenvalue weighted by atomic mass is 32.2. The smallest absolute Gasteiger partial charge is 0.226 e. The summed E-state index contributed by atoms with van der Waals surface area (Å²) in [7, 11) is -3.05. The average molecular weight is 204 g/mol. The van der Waals surface area contributed by atoms with E-state index in [0.717, 1.165) is 0 Å². The minimum atomic E-state index is -3.05. The summed E-state index contributed by atoms with van der Waals surface area (Å²) in [4.78, 5) is 11.2. The highest BCUT2D eigenvalue weighted by Crippen LogP contribution is 2.39. The van der Waals surface area contributed by atoms with Crippen molar-refractivity contribution >= 4 is 15.7 Å². The molecule has 0 aromatic rings. The van der Waals surface area contributed by atoms with Gasteiger partial charge < -0.3 is 11.1 Å². The van der Waals surface area contributed by atoms with Crippen LogP contribution >= 0.6 is 0 Å². The summed E-state index contributed by atoms with van der Waals surface area (Å²) in [5.74, 6) is -0.575. The van der Waals surface area contributed by atoms with Crippen molar-refractivity contribution in [3.63, 3.8) is 0 Å². The van der Waals surface area contributed by atoms with Crippen molar-refractivity contribution in [1.29, 1.82) is 0 Å². The third-order valence-electron chi connectivity index (χ3n) is 3.04. The number of carbonyl (C=O) groups is 1. The lowest BCUT2D eigenvalue weighted by atomic mass is 9.80. The van der Waals surface area contributed by atoms with E-state index in [2.05, 4.69) is 5.32 Å². The number of rotatable bonds is 1. The number of nitrogens with two attached hydrogens (primary N) is 1. The highest BCUT2D eigenvalue weighted by Gasteiger charge is 2.56. The molecule has 0 radical (unpaired) electrons. The van der Waals surface area contributed by atoms with Crippen molar-refractivity contribution in [3.05, 3.63) is 0 Å². The molecule has 2 rings (SSSR count). The van der Waals surface area contributed by atoms with E-state index in [1.54, 1.807) is 0 Å². The Hall–Kier alpha value is -0.620.